The van der Waals surface area contributed by atoms with E-state index in [-0.39, 0.29) is 0 Å². The minimum absolute atomic E-state index is 0.888. The van der Waals surface area contributed by atoms with Crippen molar-refractivity contribution in [2.45, 2.75) is 0 Å². The van der Waals surface area contributed by atoms with Crippen LogP contribution in [-0.2, 0) is 0 Å². The average Bonchev–Trinajstić information content (AvgIpc) is 2.56. The van der Waals surface area contributed by atoms with E-state index in [1.807, 2.05) is 24.3 Å². The van der Waals surface area contributed by atoms with Crippen molar-refractivity contribution in [2.24, 2.45) is 0 Å². The molecule has 2 nitrogen and oxygen atoms in total. The van der Waals surface area contributed by atoms with Crippen LogP contribution in [0.4, 0.5) is 10.8 Å². The van der Waals surface area contributed by atoms with Gasteiger partial charge in [0.2, 0.25) is 0 Å². The quantitative estimate of drug-likeness (QED) is 0.880. The van der Waals surface area contributed by atoms with Crippen molar-refractivity contribution in [1.82, 2.24) is 4.98 Å². The first-order valence-corrected chi connectivity index (χ1v) is 6.28. The molecule has 14 heavy (non-hydrogen) atoms. The summed E-state index contributed by atoms with van der Waals surface area (Å²) in [5.41, 5.74) is 1.04. The molecule has 1 aromatic carbocycles. The second-order valence-corrected chi connectivity index (χ2v) is 5.93. The highest BCUT2D eigenvalue weighted by Gasteiger charge is 1.99. The predicted molar refractivity (Wildman–Crippen MR) is 67.2 cm³/mol. The zero-order valence-corrected chi connectivity index (χ0v) is 11.0. The Morgan fingerprint density at radius 2 is 1.86 bits per heavy atom. The lowest BCUT2D eigenvalue weighted by Gasteiger charge is -2.01. The van der Waals surface area contributed by atoms with Gasteiger partial charge in [0.1, 0.15) is 0 Å². The first kappa shape index (κ1) is 10.1. The number of aromatic nitrogens is 1. The van der Waals surface area contributed by atoms with Crippen LogP contribution in [0.25, 0.3) is 0 Å². The van der Waals surface area contributed by atoms with Crippen molar-refractivity contribution in [3.05, 3.63) is 38.7 Å². The van der Waals surface area contributed by atoms with Crippen LogP contribution in [0.5, 0.6) is 0 Å². The molecule has 0 aliphatic heterocycles. The Hall–Kier alpha value is -0.390. The third-order valence-corrected chi connectivity index (χ3v) is 3.49. The Morgan fingerprint density at radius 3 is 2.43 bits per heavy atom. The van der Waals surface area contributed by atoms with Crippen LogP contribution in [0.3, 0.4) is 0 Å². The van der Waals surface area contributed by atoms with E-state index in [2.05, 4.69) is 42.2 Å². The molecule has 5 heteroatoms. The van der Waals surface area contributed by atoms with Crippen molar-refractivity contribution in [2.75, 3.05) is 5.32 Å². The largest absolute Gasteiger partial charge is 0.332 e. The Morgan fingerprint density at radius 1 is 1.14 bits per heavy atom. The zero-order valence-electron chi connectivity index (χ0n) is 7.00. The van der Waals surface area contributed by atoms with Crippen molar-refractivity contribution >= 4 is 54.0 Å². The van der Waals surface area contributed by atoms with Crippen LogP contribution in [0.1, 0.15) is 0 Å². The fourth-order valence-electron chi connectivity index (χ4n) is 0.969. The monoisotopic (exact) mass is 332 g/mol. The van der Waals surface area contributed by atoms with Crippen LogP contribution >= 0.6 is 43.2 Å². The fourth-order valence-corrected chi connectivity index (χ4v) is 2.36. The summed E-state index contributed by atoms with van der Waals surface area (Å²) in [4.78, 5) is 4.18. The second kappa shape index (κ2) is 4.42. The Kier molecular flexibility index (Phi) is 3.20. The fraction of sp³-hybridized carbons (Fsp3) is 0. The molecule has 72 valence electrons. The summed E-state index contributed by atoms with van der Waals surface area (Å²) in [7, 11) is 0. The third-order valence-electron chi connectivity index (χ3n) is 1.57. The number of halogens is 2. The van der Waals surface area contributed by atoms with E-state index in [1.165, 1.54) is 0 Å². The van der Waals surface area contributed by atoms with Gasteiger partial charge in [-0.15, -0.1) is 0 Å². The summed E-state index contributed by atoms with van der Waals surface area (Å²) >= 11 is 8.32. The van der Waals surface area contributed by atoms with Crippen LogP contribution in [0.15, 0.2) is 38.7 Å². The first-order valence-electron chi connectivity index (χ1n) is 3.88. The topological polar surface area (TPSA) is 24.9 Å². The number of nitrogens with zero attached hydrogens (tertiary/aromatic N) is 1. The normalized spacial score (nSPS) is 10.1. The summed E-state index contributed by atoms with van der Waals surface area (Å²) in [6.07, 6.45) is 1.78. The van der Waals surface area contributed by atoms with E-state index >= 15 is 0 Å². The standard InChI is InChI=1S/C9H6Br2N2S/c10-6-1-3-7(4-2-6)13-9-12-5-8(11)14-9/h1-5H,(H,12,13). The molecule has 1 aromatic heterocycles. The van der Waals surface area contributed by atoms with Gasteiger partial charge < -0.3 is 5.32 Å². The van der Waals surface area contributed by atoms with Gasteiger partial charge in [0.15, 0.2) is 5.13 Å². The van der Waals surface area contributed by atoms with E-state index in [1.54, 1.807) is 17.5 Å². The van der Waals surface area contributed by atoms with E-state index in [9.17, 15) is 0 Å². The SMILES string of the molecule is Brc1ccc(Nc2ncc(Br)s2)cc1. The van der Waals surface area contributed by atoms with E-state index in [0.717, 1.165) is 19.1 Å². The van der Waals surface area contributed by atoms with E-state index in [4.69, 9.17) is 0 Å². The van der Waals surface area contributed by atoms with Crippen molar-refractivity contribution in [1.29, 1.82) is 0 Å². The summed E-state index contributed by atoms with van der Waals surface area (Å²) in [5, 5.41) is 4.10. The summed E-state index contributed by atoms with van der Waals surface area (Å²) in [5.74, 6) is 0. The molecule has 0 fully saturated rings. The van der Waals surface area contributed by atoms with Crippen LogP contribution in [0.2, 0.25) is 0 Å². The van der Waals surface area contributed by atoms with E-state index in [0.29, 0.717) is 0 Å². The van der Waals surface area contributed by atoms with Gasteiger partial charge in [-0.2, -0.15) is 0 Å². The minimum Gasteiger partial charge on any atom is -0.332 e. The molecule has 0 aliphatic carbocycles. The summed E-state index contributed by atoms with van der Waals surface area (Å²) in [6, 6.07) is 7.98. The molecule has 0 aliphatic rings. The van der Waals surface area contributed by atoms with Crippen LogP contribution in [-0.4, -0.2) is 4.98 Å². The average molecular weight is 334 g/mol. The molecule has 1 N–H and O–H groups in total. The number of hydrogen-bond acceptors (Lipinski definition) is 3. The van der Waals surface area contributed by atoms with Crippen LogP contribution in [0, 0.1) is 0 Å². The molecule has 0 radical (unpaired) electrons. The lowest BCUT2D eigenvalue weighted by molar-refractivity contribution is 1.38. The molecular formula is C9H6Br2N2S. The van der Waals surface area contributed by atoms with Gasteiger partial charge >= 0.3 is 0 Å². The molecule has 0 saturated carbocycles. The van der Waals surface area contributed by atoms with Crippen molar-refractivity contribution in [3.8, 4) is 0 Å². The molecular weight excluding hydrogens is 328 g/mol. The molecule has 0 bridgehead atoms. The maximum absolute atomic E-state index is 4.18. The molecule has 2 rings (SSSR count). The molecule has 0 saturated heterocycles. The third kappa shape index (κ3) is 2.56. The lowest BCUT2D eigenvalue weighted by Crippen LogP contribution is -1.87. The van der Waals surface area contributed by atoms with Gasteiger partial charge in [0, 0.05) is 10.2 Å². The summed E-state index contributed by atoms with van der Waals surface area (Å²) in [6.45, 7) is 0. The Bertz CT molecular complexity index is 425. The molecule has 0 atom stereocenters. The lowest BCUT2D eigenvalue weighted by atomic mass is 10.3. The number of nitrogens with one attached hydrogen (secondary N) is 1. The smallest absolute Gasteiger partial charge is 0.188 e. The van der Waals surface area contributed by atoms with Gasteiger partial charge in [-0.25, -0.2) is 4.98 Å². The minimum atomic E-state index is 0.888. The van der Waals surface area contributed by atoms with Gasteiger partial charge in [0.05, 0.1) is 9.98 Å². The summed E-state index contributed by atoms with van der Waals surface area (Å²) < 4.78 is 2.10. The van der Waals surface area contributed by atoms with E-state index < -0.39 is 0 Å². The number of rotatable bonds is 2. The number of hydrogen-bond donors (Lipinski definition) is 1. The molecule has 1 heterocycles. The van der Waals surface area contributed by atoms with Gasteiger partial charge in [-0.05, 0) is 40.2 Å². The maximum atomic E-state index is 4.18. The van der Waals surface area contributed by atoms with Crippen molar-refractivity contribution in [3.63, 3.8) is 0 Å². The molecule has 0 amide bonds. The highest BCUT2D eigenvalue weighted by molar-refractivity contribution is 9.11. The Labute approximate surface area is 103 Å². The predicted octanol–water partition coefficient (Wildman–Crippen LogP) is 4.41. The highest BCUT2D eigenvalue weighted by Crippen LogP contribution is 2.26. The number of benzene rings is 1. The maximum Gasteiger partial charge on any atom is 0.188 e. The second-order valence-electron chi connectivity index (χ2n) is 2.60. The molecule has 0 unspecified atom stereocenters. The van der Waals surface area contributed by atoms with Gasteiger partial charge in [-0.3, -0.25) is 0 Å². The molecule has 0 spiro atoms. The van der Waals surface area contributed by atoms with Gasteiger partial charge in [-0.1, -0.05) is 27.3 Å². The zero-order chi connectivity index (χ0) is 9.97. The molecule has 2 aromatic rings. The highest BCUT2D eigenvalue weighted by atomic mass is 79.9. The number of thiazole rings is 1. The van der Waals surface area contributed by atoms with Crippen molar-refractivity contribution < 1.29 is 0 Å². The van der Waals surface area contributed by atoms with Crippen LogP contribution < -0.4 is 5.32 Å². The Balaban J connectivity index is 2.15. The number of anilines is 2. The van der Waals surface area contributed by atoms with Gasteiger partial charge in [0.25, 0.3) is 0 Å². The first-order chi connectivity index (χ1) is 6.74.